The van der Waals surface area contributed by atoms with E-state index >= 15 is 0 Å². The zero-order valence-electron chi connectivity index (χ0n) is 13.0. The molecule has 0 fully saturated rings. The fourth-order valence-corrected chi connectivity index (χ4v) is 2.27. The smallest absolute Gasteiger partial charge is 0.277 e. The van der Waals surface area contributed by atoms with Crippen LogP contribution in [0.5, 0.6) is 5.75 Å². The highest BCUT2D eigenvalue weighted by molar-refractivity contribution is 5.75. The van der Waals surface area contributed by atoms with Gasteiger partial charge in [-0.1, -0.05) is 29.3 Å². The number of aromatic hydroxyl groups is 1. The summed E-state index contributed by atoms with van der Waals surface area (Å²) in [6.07, 6.45) is 2.62. The zero-order chi connectivity index (χ0) is 16.3. The monoisotopic (exact) mass is 297 g/mol. The van der Waals surface area contributed by atoms with E-state index in [1.54, 1.807) is 24.3 Å². The van der Waals surface area contributed by atoms with Gasteiger partial charge in [-0.05, 0) is 56.5 Å². The van der Waals surface area contributed by atoms with Crippen molar-refractivity contribution in [2.24, 2.45) is 0 Å². The molecule has 0 aliphatic carbocycles. The van der Waals surface area contributed by atoms with E-state index in [9.17, 15) is 15.2 Å². The summed E-state index contributed by atoms with van der Waals surface area (Å²) in [5, 5.41) is 21.2. The van der Waals surface area contributed by atoms with Crippen LogP contribution < -0.4 is 0 Å². The minimum Gasteiger partial charge on any atom is -0.508 e. The van der Waals surface area contributed by atoms with Gasteiger partial charge in [0.25, 0.3) is 5.69 Å². The predicted molar refractivity (Wildman–Crippen MR) is 88.1 cm³/mol. The first-order chi connectivity index (χ1) is 10.4. The molecule has 0 radical (unpaired) electrons. The number of benzene rings is 2. The molecule has 22 heavy (non-hydrogen) atoms. The van der Waals surface area contributed by atoms with Crippen molar-refractivity contribution < 1.29 is 10.0 Å². The number of hydrogen-bond donors (Lipinski definition) is 1. The molecule has 0 aromatic heterocycles. The fraction of sp³-hybridized carbons (Fsp3) is 0.222. The van der Waals surface area contributed by atoms with E-state index in [-0.39, 0.29) is 16.4 Å². The Labute approximate surface area is 129 Å². The maximum Gasteiger partial charge on any atom is 0.277 e. The summed E-state index contributed by atoms with van der Waals surface area (Å²) >= 11 is 0. The van der Waals surface area contributed by atoms with Crippen LogP contribution in [-0.4, -0.2) is 10.0 Å². The molecule has 0 aliphatic heterocycles. The van der Waals surface area contributed by atoms with Crippen LogP contribution in [-0.2, 0) is 6.42 Å². The number of aryl methyl sites for hydroxylation is 1. The molecular formula is C18H19NO3. The lowest BCUT2D eigenvalue weighted by atomic mass is 9.98. The van der Waals surface area contributed by atoms with E-state index < -0.39 is 0 Å². The molecule has 0 aliphatic rings. The van der Waals surface area contributed by atoms with E-state index in [0.29, 0.717) is 12.0 Å². The molecule has 0 amide bonds. The van der Waals surface area contributed by atoms with Crippen LogP contribution in [0.4, 0.5) is 5.69 Å². The maximum absolute atomic E-state index is 11.2. The van der Waals surface area contributed by atoms with Gasteiger partial charge in [0.15, 0.2) is 0 Å². The van der Waals surface area contributed by atoms with Crippen LogP contribution in [0.25, 0.3) is 11.1 Å². The SMILES string of the molecule is CC(C)=CCc1cc(-c2cc(C)ccc2[N+](=O)[O-])ccc1O. The summed E-state index contributed by atoms with van der Waals surface area (Å²) in [6.45, 7) is 5.89. The number of hydrogen-bond acceptors (Lipinski definition) is 3. The first kappa shape index (κ1) is 15.8. The molecule has 0 spiro atoms. The van der Waals surface area contributed by atoms with Crippen molar-refractivity contribution >= 4 is 5.69 Å². The Hall–Kier alpha value is -2.62. The van der Waals surface area contributed by atoms with Gasteiger partial charge in [-0.2, -0.15) is 0 Å². The fourth-order valence-electron chi connectivity index (χ4n) is 2.27. The van der Waals surface area contributed by atoms with Gasteiger partial charge in [-0.25, -0.2) is 0 Å². The van der Waals surface area contributed by atoms with Gasteiger partial charge in [-0.15, -0.1) is 0 Å². The van der Waals surface area contributed by atoms with E-state index in [1.165, 1.54) is 6.07 Å². The summed E-state index contributed by atoms with van der Waals surface area (Å²) in [4.78, 5) is 10.8. The highest BCUT2D eigenvalue weighted by atomic mass is 16.6. The first-order valence-corrected chi connectivity index (χ1v) is 7.09. The van der Waals surface area contributed by atoms with Crippen molar-refractivity contribution in [3.05, 3.63) is 69.3 Å². The molecule has 0 atom stereocenters. The third kappa shape index (κ3) is 3.52. The molecule has 4 nitrogen and oxygen atoms in total. The lowest BCUT2D eigenvalue weighted by Gasteiger charge is -2.08. The van der Waals surface area contributed by atoms with Crippen molar-refractivity contribution in [1.82, 2.24) is 0 Å². The Balaban J connectivity index is 2.54. The Morgan fingerprint density at radius 3 is 2.59 bits per heavy atom. The predicted octanol–water partition coefficient (Wildman–Crippen LogP) is 4.78. The van der Waals surface area contributed by atoms with Gasteiger partial charge in [0.1, 0.15) is 5.75 Å². The second-order valence-corrected chi connectivity index (χ2v) is 5.61. The molecule has 2 aromatic carbocycles. The normalized spacial score (nSPS) is 10.3. The highest BCUT2D eigenvalue weighted by Gasteiger charge is 2.16. The number of nitro groups is 1. The van der Waals surface area contributed by atoms with Crippen LogP contribution in [0.15, 0.2) is 48.0 Å². The Morgan fingerprint density at radius 1 is 1.23 bits per heavy atom. The molecule has 0 saturated heterocycles. The Morgan fingerprint density at radius 2 is 1.95 bits per heavy atom. The molecule has 0 unspecified atom stereocenters. The molecule has 0 saturated carbocycles. The van der Waals surface area contributed by atoms with Gasteiger partial charge >= 0.3 is 0 Å². The third-order valence-electron chi connectivity index (χ3n) is 3.47. The quantitative estimate of drug-likeness (QED) is 0.501. The lowest BCUT2D eigenvalue weighted by Crippen LogP contribution is -1.94. The van der Waals surface area contributed by atoms with Crippen molar-refractivity contribution in [3.8, 4) is 16.9 Å². The number of rotatable bonds is 4. The molecule has 0 bridgehead atoms. The minimum atomic E-state index is -0.378. The van der Waals surface area contributed by atoms with E-state index in [0.717, 1.165) is 22.3 Å². The van der Waals surface area contributed by atoms with Crippen molar-refractivity contribution in [2.75, 3.05) is 0 Å². The topological polar surface area (TPSA) is 63.4 Å². The van der Waals surface area contributed by atoms with Crippen LogP contribution in [0.3, 0.4) is 0 Å². The molecule has 4 heteroatoms. The van der Waals surface area contributed by atoms with Crippen molar-refractivity contribution in [2.45, 2.75) is 27.2 Å². The Kier molecular flexibility index (Phi) is 4.61. The van der Waals surface area contributed by atoms with Gasteiger partial charge in [0.05, 0.1) is 10.5 Å². The van der Waals surface area contributed by atoms with E-state index in [2.05, 4.69) is 0 Å². The lowest BCUT2D eigenvalue weighted by molar-refractivity contribution is -0.384. The second-order valence-electron chi connectivity index (χ2n) is 5.61. The summed E-state index contributed by atoms with van der Waals surface area (Å²) in [5.74, 6) is 0.205. The molecular weight excluding hydrogens is 278 g/mol. The van der Waals surface area contributed by atoms with Crippen LogP contribution >= 0.6 is 0 Å². The summed E-state index contributed by atoms with van der Waals surface area (Å²) in [5.41, 5.74) is 4.26. The van der Waals surface area contributed by atoms with Crippen LogP contribution in [0.2, 0.25) is 0 Å². The molecule has 2 aromatic rings. The summed E-state index contributed by atoms with van der Waals surface area (Å²) in [6, 6.07) is 10.2. The zero-order valence-corrected chi connectivity index (χ0v) is 13.0. The Bertz CT molecular complexity index is 744. The third-order valence-corrected chi connectivity index (χ3v) is 3.47. The average molecular weight is 297 g/mol. The summed E-state index contributed by atoms with van der Waals surface area (Å²) in [7, 11) is 0. The maximum atomic E-state index is 11.2. The van der Waals surface area contributed by atoms with Crippen molar-refractivity contribution in [1.29, 1.82) is 0 Å². The highest BCUT2D eigenvalue weighted by Crippen LogP contribution is 2.33. The average Bonchev–Trinajstić information content (AvgIpc) is 2.45. The second kappa shape index (κ2) is 6.43. The van der Waals surface area contributed by atoms with Crippen LogP contribution in [0, 0.1) is 17.0 Å². The number of nitrogens with zero attached hydrogens (tertiary/aromatic N) is 1. The van der Waals surface area contributed by atoms with Gasteiger partial charge in [-0.3, -0.25) is 10.1 Å². The standard InChI is InChI=1S/C18H19NO3/c1-12(2)4-6-15-11-14(7-9-18(15)20)16-10-13(3)5-8-17(16)19(21)22/h4-5,7-11,20H,6H2,1-3H3. The van der Waals surface area contributed by atoms with Crippen LogP contribution in [0.1, 0.15) is 25.0 Å². The number of nitro benzene ring substituents is 1. The minimum absolute atomic E-state index is 0.0736. The number of phenols is 1. The largest absolute Gasteiger partial charge is 0.508 e. The number of phenolic OH excluding ortho intramolecular Hbond substituents is 1. The first-order valence-electron chi connectivity index (χ1n) is 7.09. The van der Waals surface area contributed by atoms with Gasteiger partial charge < -0.3 is 5.11 Å². The molecule has 1 N–H and O–H groups in total. The molecule has 114 valence electrons. The summed E-state index contributed by atoms with van der Waals surface area (Å²) < 4.78 is 0. The molecule has 0 heterocycles. The van der Waals surface area contributed by atoms with E-state index in [4.69, 9.17) is 0 Å². The van der Waals surface area contributed by atoms with Gasteiger partial charge in [0, 0.05) is 6.07 Å². The molecule has 2 rings (SSSR count). The van der Waals surface area contributed by atoms with Crippen molar-refractivity contribution in [3.63, 3.8) is 0 Å². The van der Waals surface area contributed by atoms with E-state index in [1.807, 2.05) is 32.9 Å². The number of allylic oxidation sites excluding steroid dienone is 2. The van der Waals surface area contributed by atoms with Gasteiger partial charge in [0.2, 0.25) is 0 Å².